The number of carbonyl (C=O) groups excluding carboxylic acids is 1. The molecule has 1 aliphatic heterocycles. The fourth-order valence-electron chi connectivity index (χ4n) is 4.85. The third kappa shape index (κ3) is 3.65. The highest BCUT2D eigenvalue weighted by Gasteiger charge is 2.27. The fourth-order valence-corrected chi connectivity index (χ4v) is 4.98. The number of benzene rings is 2. The zero-order valence-corrected chi connectivity index (χ0v) is 17.8. The quantitative estimate of drug-likeness (QED) is 0.588. The van der Waals surface area contributed by atoms with Gasteiger partial charge in [0, 0.05) is 17.1 Å². The summed E-state index contributed by atoms with van der Waals surface area (Å²) in [6.45, 7) is 0.903. The molecule has 5 heteroatoms. The van der Waals surface area contributed by atoms with Crippen LogP contribution in [0.5, 0.6) is 0 Å². The van der Waals surface area contributed by atoms with E-state index in [-0.39, 0.29) is 11.9 Å². The molecule has 30 heavy (non-hydrogen) atoms. The maximum atomic E-state index is 13.4. The Morgan fingerprint density at radius 1 is 1.00 bits per heavy atom. The number of rotatable bonds is 3. The Bertz CT molecular complexity index is 1070. The molecule has 0 saturated carbocycles. The van der Waals surface area contributed by atoms with Crippen molar-refractivity contribution in [3.05, 3.63) is 76.1 Å². The Labute approximate surface area is 182 Å². The van der Waals surface area contributed by atoms with Gasteiger partial charge in [-0.25, -0.2) is 4.98 Å². The van der Waals surface area contributed by atoms with Crippen LogP contribution in [0.15, 0.2) is 48.5 Å². The first-order valence-electron chi connectivity index (χ1n) is 10.9. The average molecular weight is 420 g/mol. The number of aromatic nitrogens is 2. The number of imidazole rings is 1. The number of nitrogens with zero attached hydrogens (tertiary/aromatic N) is 2. The third-order valence-corrected chi connectivity index (χ3v) is 6.61. The molecule has 0 saturated heterocycles. The van der Waals surface area contributed by atoms with E-state index in [1.165, 1.54) is 17.5 Å². The lowest BCUT2D eigenvalue weighted by Gasteiger charge is -2.26. The van der Waals surface area contributed by atoms with Gasteiger partial charge in [0.2, 0.25) is 0 Å². The maximum absolute atomic E-state index is 13.4. The standard InChI is InChI=1S/C25H26ClN3O/c26-19-14-12-18(13-15-19)24-28-23(22-11-2-1-5-16-29(22)24)25(30)27-21-10-6-8-17-7-3-4-9-20(17)21/h3-4,7,9,12-15,21H,1-2,5-6,8,10-11,16H2,(H,27,30)/t21-/m1/s1. The van der Waals surface area contributed by atoms with Crippen LogP contribution in [-0.2, 0) is 19.4 Å². The SMILES string of the molecule is O=C(N[C@@H]1CCCc2ccccc21)c1nc(-c2ccc(Cl)cc2)n2c1CCCCC2. The van der Waals surface area contributed by atoms with Gasteiger partial charge in [-0.05, 0) is 73.9 Å². The topological polar surface area (TPSA) is 46.9 Å². The minimum absolute atomic E-state index is 0.0532. The molecule has 3 aromatic rings. The Hall–Kier alpha value is -2.59. The summed E-state index contributed by atoms with van der Waals surface area (Å²) in [7, 11) is 0. The normalized spacial score (nSPS) is 18.2. The molecule has 1 aliphatic carbocycles. The van der Waals surface area contributed by atoms with E-state index in [9.17, 15) is 4.79 Å². The summed E-state index contributed by atoms with van der Waals surface area (Å²) in [5.74, 6) is 0.820. The molecule has 0 radical (unpaired) electrons. The van der Waals surface area contributed by atoms with Gasteiger partial charge < -0.3 is 9.88 Å². The van der Waals surface area contributed by atoms with Gasteiger partial charge >= 0.3 is 0 Å². The second-order valence-corrected chi connectivity index (χ2v) is 8.75. The van der Waals surface area contributed by atoms with Crippen LogP contribution in [-0.4, -0.2) is 15.5 Å². The number of aryl methyl sites for hydroxylation is 1. The minimum Gasteiger partial charge on any atom is -0.344 e. The Balaban J connectivity index is 1.50. The molecule has 2 heterocycles. The van der Waals surface area contributed by atoms with Crippen LogP contribution in [0.2, 0.25) is 5.02 Å². The number of nitrogens with one attached hydrogen (secondary N) is 1. The van der Waals surface area contributed by atoms with Gasteiger partial charge in [0.15, 0.2) is 0 Å². The van der Waals surface area contributed by atoms with Crippen LogP contribution >= 0.6 is 11.6 Å². The highest BCUT2D eigenvalue weighted by molar-refractivity contribution is 6.30. The lowest BCUT2D eigenvalue weighted by Crippen LogP contribution is -2.32. The number of hydrogen-bond donors (Lipinski definition) is 1. The molecule has 5 rings (SSSR count). The highest BCUT2D eigenvalue weighted by Crippen LogP contribution is 2.31. The molecular formula is C25H26ClN3O. The van der Waals surface area contributed by atoms with Gasteiger partial charge in [-0.15, -0.1) is 0 Å². The zero-order valence-electron chi connectivity index (χ0n) is 17.0. The fraction of sp³-hybridized carbons (Fsp3) is 0.360. The molecule has 4 nitrogen and oxygen atoms in total. The number of fused-ring (bicyclic) bond motifs is 2. The molecule has 0 spiro atoms. The summed E-state index contributed by atoms with van der Waals surface area (Å²) in [4.78, 5) is 18.3. The predicted molar refractivity (Wildman–Crippen MR) is 120 cm³/mol. The summed E-state index contributed by atoms with van der Waals surface area (Å²) in [6, 6.07) is 16.3. The third-order valence-electron chi connectivity index (χ3n) is 6.36. The van der Waals surface area contributed by atoms with Crippen LogP contribution < -0.4 is 5.32 Å². The Morgan fingerprint density at radius 2 is 1.83 bits per heavy atom. The van der Waals surface area contributed by atoms with E-state index in [0.29, 0.717) is 10.7 Å². The monoisotopic (exact) mass is 419 g/mol. The van der Waals surface area contributed by atoms with Crippen molar-refractivity contribution in [3.63, 3.8) is 0 Å². The second kappa shape index (κ2) is 8.27. The van der Waals surface area contributed by atoms with Crippen molar-refractivity contribution < 1.29 is 4.79 Å². The molecule has 1 atom stereocenters. The van der Waals surface area contributed by atoms with E-state index in [4.69, 9.17) is 16.6 Å². The van der Waals surface area contributed by atoms with E-state index in [1.54, 1.807) is 0 Å². The summed E-state index contributed by atoms with van der Waals surface area (Å²) < 4.78 is 2.25. The molecule has 154 valence electrons. The molecule has 1 amide bonds. The molecule has 0 unspecified atom stereocenters. The Kier molecular flexibility index (Phi) is 5.34. The van der Waals surface area contributed by atoms with Gasteiger partial charge in [0.25, 0.3) is 5.91 Å². The first kappa shape index (κ1) is 19.4. The number of amides is 1. The lowest BCUT2D eigenvalue weighted by molar-refractivity contribution is 0.0927. The van der Waals surface area contributed by atoms with Gasteiger partial charge in [-0.1, -0.05) is 42.3 Å². The summed E-state index contributed by atoms with van der Waals surface area (Å²) in [5, 5.41) is 4.00. The molecular weight excluding hydrogens is 394 g/mol. The number of halogens is 1. The van der Waals surface area contributed by atoms with Crippen LogP contribution in [0, 0.1) is 0 Å². The van der Waals surface area contributed by atoms with Crippen molar-refractivity contribution >= 4 is 17.5 Å². The molecule has 2 aliphatic rings. The predicted octanol–water partition coefficient (Wildman–Crippen LogP) is 5.74. The molecule has 0 fully saturated rings. The summed E-state index contributed by atoms with van der Waals surface area (Å²) in [6.07, 6.45) is 7.44. The van der Waals surface area contributed by atoms with E-state index >= 15 is 0 Å². The van der Waals surface area contributed by atoms with E-state index in [0.717, 1.165) is 62.2 Å². The number of carbonyl (C=O) groups is 1. The molecule has 1 N–H and O–H groups in total. The van der Waals surface area contributed by atoms with Gasteiger partial charge in [-0.2, -0.15) is 0 Å². The summed E-state index contributed by atoms with van der Waals surface area (Å²) in [5.41, 5.74) is 5.26. The van der Waals surface area contributed by atoms with Crippen molar-refractivity contribution in [2.75, 3.05) is 0 Å². The first-order valence-corrected chi connectivity index (χ1v) is 11.3. The minimum atomic E-state index is -0.0532. The zero-order chi connectivity index (χ0) is 20.5. The van der Waals surface area contributed by atoms with Crippen LogP contribution in [0.1, 0.15) is 65.5 Å². The molecule has 0 bridgehead atoms. The van der Waals surface area contributed by atoms with Gasteiger partial charge in [0.1, 0.15) is 11.5 Å². The highest BCUT2D eigenvalue weighted by atomic mass is 35.5. The van der Waals surface area contributed by atoms with Crippen molar-refractivity contribution in [1.82, 2.24) is 14.9 Å². The smallest absolute Gasteiger partial charge is 0.272 e. The first-order chi connectivity index (χ1) is 14.7. The second-order valence-electron chi connectivity index (χ2n) is 8.32. The van der Waals surface area contributed by atoms with Crippen molar-refractivity contribution in [2.24, 2.45) is 0 Å². The lowest BCUT2D eigenvalue weighted by atomic mass is 9.87. The van der Waals surface area contributed by atoms with E-state index in [2.05, 4.69) is 34.1 Å². The number of hydrogen-bond acceptors (Lipinski definition) is 2. The molecule has 2 aromatic carbocycles. The van der Waals surface area contributed by atoms with Gasteiger partial charge in [0.05, 0.1) is 11.7 Å². The van der Waals surface area contributed by atoms with E-state index < -0.39 is 0 Å². The van der Waals surface area contributed by atoms with Crippen molar-refractivity contribution in [1.29, 1.82) is 0 Å². The Morgan fingerprint density at radius 3 is 2.70 bits per heavy atom. The van der Waals surface area contributed by atoms with Crippen LogP contribution in [0.4, 0.5) is 0 Å². The van der Waals surface area contributed by atoms with Crippen molar-refractivity contribution in [3.8, 4) is 11.4 Å². The summed E-state index contributed by atoms with van der Waals surface area (Å²) >= 11 is 6.08. The largest absolute Gasteiger partial charge is 0.344 e. The average Bonchev–Trinajstić information content (AvgIpc) is 2.96. The molecule has 1 aromatic heterocycles. The van der Waals surface area contributed by atoms with Crippen LogP contribution in [0.25, 0.3) is 11.4 Å². The van der Waals surface area contributed by atoms with E-state index in [1.807, 2.05) is 24.3 Å². The van der Waals surface area contributed by atoms with Gasteiger partial charge in [-0.3, -0.25) is 4.79 Å². The maximum Gasteiger partial charge on any atom is 0.272 e. The van der Waals surface area contributed by atoms with Crippen LogP contribution in [0.3, 0.4) is 0 Å². The van der Waals surface area contributed by atoms with Crippen molar-refractivity contribution in [2.45, 2.75) is 57.5 Å².